The summed E-state index contributed by atoms with van der Waals surface area (Å²) in [5.74, 6) is -1.07. The number of anilines is 1. The molecule has 2 rings (SSSR count). The standard InChI is InChI=1S/C13H12BrF2N3O/c1-6-12(17-3)18-7(2)19-13(6)20-10-5-8(14)4-9(15)11(10)16/h4-5H,1-3H3,(H,17,18,19). The Morgan fingerprint density at radius 1 is 1.20 bits per heavy atom. The van der Waals surface area contributed by atoms with Crippen molar-refractivity contribution in [1.82, 2.24) is 9.97 Å². The van der Waals surface area contributed by atoms with Gasteiger partial charge in [-0.25, -0.2) is 9.37 Å². The maximum absolute atomic E-state index is 13.7. The first kappa shape index (κ1) is 14.6. The van der Waals surface area contributed by atoms with Crippen LogP contribution in [0.1, 0.15) is 11.4 Å². The Morgan fingerprint density at radius 2 is 1.90 bits per heavy atom. The van der Waals surface area contributed by atoms with E-state index in [9.17, 15) is 8.78 Å². The van der Waals surface area contributed by atoms with Crippen LogP contribution < -0.4 is 10.1 Å². The average molecular weight is 344 g/mol. The fraction of sp³-hybridized carbons (Fsp3) is 0.231. The summed E-state index contributed by atoms with van der Waals surface area (Å²) >= 11 is 3.09. The van der Waals surface area contributed by atoms with Gasteiger partial charge in [-0.15, -0.1) is 0 Å². The number of benzene rings is 1. The van der Waals surface area contributed by atoms with Crippen molar-refractivity contribution in [3.8, 4) is 11.6 Å². The third kappa shape index (κ3) is 2.87. The lowest BCUT2D eigenvalue weighted by molar-refractivity contribution is 0.401. The van der Waals surface area contributed by atoms with Crippen molar-refractivity contribution in [2.75, 3.05) is 12.4 Å². The van der Waals surface area contributed by atoms with E-state index < -0.39 is 11.6 Å². The summed E-state index contributed by atoms with van der Waals surface area (Å²) in [7, 11) is 1.71. The lowest BCUT2D eigenvalue weighted by atomic mass is 10.3. The molecule has 0 atom stereocenters. The zero-order chi connectivity index (χ0) is 14.9. The summed E-state index contributed by atoms with van der Waals surface area (Å²) in [4.78, 5) is 8.27. The Labute approximate surface area is 123 Å². The van der Waals surface area contributed by atoms with Gasteiger partial charge in [0.1, 0.15) is 11.6 Å². The van der Waals surface area contributed by atoms with Crippen molar-refractivity contribution >= 4 is 21.7 Å². The van der Waals surface area contributed by atoms with Gasteiger partial charge in [0.05, 0.1) is 5.56 Å². The molecular weight excluding hydrogens is 332 g/mol. The first-order chi connectivity index (χ1) is 9.42. The molecule has 1 heterocycles. The zero-order valence-electron chi connectivity index (χ0n) is 11.1. The van der Waals surface area contributed by atoms with Gasteiger partial charge in [0.15, 0.2) is 11.6 Å². The predicted molar refractivity (Wildman–Crippen MR) is 75.2 cm³/mol. The molecule has 0 bridgehead atoms. The molecule has 0 amide bonds. The highest BCUT2D eigenvalue weighted by Gasteiger charge is 2.16. The number of aryl methyl sites for hydroxylation is 1. The van der Waals surface area contributed by atoms with Crippen molar-refractivity contribution in [3.05, 3.63) is 39.6 Å². The summed E-state index contributed by atoms with van der Waals surface area (Å²) in [5.41, 5.74) is 0.609. The third-order valence-electron chi connectivity index (χ3n) is 2.62. The number of nitrogens with one attached hydrogen (secondary N) is 1. The van der Waals surface area contributed by atoms with Crippen molar-refractivity contribution in [3.63, 3.8) is 0 Å². The Bertz CT molecular complexity index is 665. The number of nitrogens with zero attached hydrogens (tertiary/aromatic N) is 2. The number of halogens is 3. The van der Waals surface area contributed by atoms with Gasteiger partial charge >= 0.3 is 0 Å². The van der Waals surface area contributed by atoms with Crippen LogP contribution in [0.15, 0.2) is 16.6 Å². The Balaban J connectivity index is 2.47. The fourth-order valence-electron chi connectivity index (χ4n) is 1.66. The summed E-state index contributed by atoms with van der Waals surface area (Å²) in [5, 5.41) is 2.89. The maximum atomic E-state index is 13.7. The summed E-state index contributed by atoms with van der Waals surface area (Å²) in [6, 6.07) is 2.37. The van der Waals surface area contributed by atoms with E-state index in [0.29, 0.717) is 21.7 Å². The van der Waals surface area contributed by atoms with E-state index >= 15 is 0 Å². The molecule has 20 heavy (non-hydrogen) atoms. The van der Waals surface area contributed by atoms with E-state index in [1.165, 1.54) is 6.07 Å². The van der Waals surface area contributed by atoms with Gasteiger partial charge in [-0.2, -0.15) is 9.37 Å². The summed E-state index contributed by atoms with van der Waals surface area (Å²) in [6.07, 6.45) is 0. The SMILES string of the molecule is CNc1nc(C)nc(Oc2cc(Br)cc(F)c2F)c1C. The number of ether oxygens (including phenoxy) is 1. The van der Waals surface area contributed by atoms with Crippen LogP contribution in [0.25, 0.3) is 0 Å². The molecule has 4 nitrogen and oxygen atoms in total. The van der Waals surface area contributed by atoms with Gasteiger partial charge < -0.3 is 10.1 Å². The highest BCUT2D eigenvalue weighted by Crippen LogP contribution is 2.31. The minimum Gasteiger partial charge on any atom is -0.435 e. The number of hydrogen-bond acceptors (Lipinski definition) is 4. The third-order valence-corrected chi connectivity index (χ3v) is 3.07. The summed E-state index contributed by atoms with van der Waals surface area (Å²) < 4.78 is 32.8. The smallest absolute Gasteiger partial charge is 0.227 e. The molecule has 1 aromatic carbocycles. The molecule has 1 aromatic heterocycles. The van der Waals surface area contributed by atoms with Crippen molar-refractivity contribution in [2.45, 2.75) is 13.8 Å². The number of aromatic nitrogens is 2. The Kier molecular flexibility index (Phi) is 4.17. The van der Waals surface area contributed by atoms with Crippen LogP contribution in [0.2, 0.25) is 0 Å². The second kappa shape index (κ2) is 5.70. The van der Waals surface area contributed by atoms with E-state index in [1.54, 1.807) is 20.9 Å². The summed E-state index contributed by atoms with van der Waals surface area (Å²) in [6.45, 7) is 3.41. The van der Waals surface area contributed by atoms with E-state index in [2.05, 4.69) is 31.2 Å². The highest BCUT2D eigenvalue weighted by molar-refractivity contribution is 9.10. The molecule has 0 fully saturated rings. The van der Waals surface area contributed by atoms with Gasteiger partial charge in [-0.1, -0.05) is 15.9 Å². The van der Waals surface area contributed by atoms with Crippen molar-refractivity contribution in [2.24, 2.45) is 0 Å². The first-order valence-corrected chi connectivity index (χ1v) is 6.57. The number of rotatable bonds is 3. The molecule has 0 spiro atoms. The van der Waals surface area contributed by atoms with Crippen molar-refractivity contribution < 1.29 is 13.5 Å². The Morgan fingerprint density at radius 3 is 2.55 bits per heavy atom. The normalized spacial score (nSPS) is 10.5. The van der Waals surface area contributed by atoms with E-state index in [4.69, 9.17) is 4.74 Å². The Hall–Kier alpha value is -1.76. The molecule has 1 N–H and O–H groups in total. The van der Waals surface area contributed by atoms with E-state index in [0.717, 1.165) is 6.07 Å². The van der Waals surface area contributed by atoms with E-state index in [-0.39, 0.29) is 11.6 Å². The largest absolute Gasteiger partial charge is 0.435 e. The topological polar surface area (TPSA) is 47.0 Å². The minimum absolute atomic E-state index is 0.179. The molecule has 2 aromatic rings. The molecular formula is C13H12BrF2N3O. The van der Waals surface area contributed by atoms with Crippen LogP contribution >= 0.6 is 15.9 Å². The van der Waals surface area contributed by atoms with Crippen LogP contribution in [-0.2, 0) is 0 Å². The molecule has 0 radical (unpaired) electrons. The molecule has 0 saturated carbocycles. The second-order valence-corrected chi connectivity index (χ2v) is 5.02. The molecule has 0 aliphatic rings. The van der Waals surface area contributed by atoms with Crippen LogP contribution in [0.5, 0.6) is 11.6 Å². The fourth-order valence-corrected chi connectivity index (χ4v) is 2.07. The van der Waals surface area contributed by atoms with Crippen LogP contribution in [-0.4, -0.2) is 17.0 Å². The maximum Gasteiger partial charge on any atom is 0.227 e. The van der Waals surface area contributed by atoms with E-state index in [1.807, 2.05) is 0 Å². The average Bonchev–Trinajstić information content (AvgIpc) is 2.39. The molecule has 106 valence electrons. The quantitative estimate of drug-likeness (QED) is 0.856. The van der Waals surface area contributed by atoms with Crippen LogP contribution in [0.3, 0.4) is 0 Å². The lowest BCUT2D eigenvalue weighted by Gasteiger charge is -2.12. The van der Waals surface area contributed by atoms with Gasteiger partial charge in [0, 0.05) is 11.5 Å². The molecule has 7 heteroatoms. The highest BCUT2D eigenvalue weighted by atomic mass is 79.9. The predicted octanol–water partition coefficient (Wildman–Crippen LogP) is 3.97. The molecule has 0 aliphatic heterocycles. The van der Waals surface area contributed by atoms with Gasteiger partial charge in [0.2, 0.25) is 11.7 Å². The molecule has 0 saturated heterocycles. The number of hydrogen-bond donors (Lipinski definition) is 1. The molecule has 0 aliphatic carbocycles. The lowest BCUT2D eigenvalue weighted by Crippen LogP contribution is -2.03. The second-order valence-electron chi connectivity index (χ2n) is 4.10. The first-order valence-electron chi connectivity index (χ1n) is 5.77. The van der Waals surface area contributed by atoms with Gasteiger partial charge in [0.25, 0.3) is 0 Å². The monoisotopic (exact) mass is 343 g/mol. The van der Waals surface area contributed by atoms with Gasteiger partial charge in [-0.05, 0) is 26.0 Å². The van der Waals surface area contributed by atoms with Crippen LogP contribution in [0.4, 0.5) is 14.6 Å². The molecule has 0 unspecified atom stereocenters. The van der Waals surface area contributed by atoms with Gasteiger partial charge in [-0.3, -0.25) is 0 Å². The zero-order valence-corrected chi connectivity index (χ0v) is 12.7. The van der Waals surface area contributed by atoms with Crippen LogP contribution in [0, 0.1) is 25.5 Å². The minimum atomic E-state index is -1.06. The van der Waals surface area contributed by atoms with Crippen molar-refractivity contribution in [1.29, 1.82) is 0 Å².